The molecule has 1 atom stereocenters. The minimum absolute atomic E-state index is 0.0106. The van der Waals surface area contributed by atoms with Gasteiger partial charge in [0.2, 0.25) is 0 Å². The Balaban J connectivity index is 2.85. The summed E-state index contributed by atoms with van der Waals surface area (Å²) in [4.78, 5) is 10.4. The highest BCUT2D eigenvalue weighted by molar-refractivity contribution is 5.66. The van der Waals surface area contributed by atoms with E-state index in [9.17, 15) is 14.3 Å². The first-order valence-electron chi connectivity index (χ1n) is 4.62. The highest BCUT2D eigenvalue weighted by atomic mass is 19.1. The molecule has 0 fully saturated rings. The molecular formula is C11H13FO3. The summed E-state index contributed by atoms with van der Waals surface area (Å²) >= 11 is 0. The van der Waals surface area contributed by atoms with Gasteiger partial charge < -0.3 is 10.2 Å². The molecule has 1 rings (SSSR count). The molecule has 0 aliphatic rings. The molecule has 2 N–H and O–H groups in total. The molecule has 0 aliphatic carbocycles. The topological polar surface area (TPSA) is 57.5 Å². The smallest absolute Gasteiger partial charge is 0.303 e. The molecule has 0 amide bonds. The van der Waals surface area contributed by atoms with Gasteiger partial charge in [-0.25, -0.2) is 4.39 Å². The standard InChI is InChI=1S/C11H13FO3/c1-11(15,7-6-10(13)14)8-4-2-3-5-9(8)12/h2-5,15H,6-7H2,1H3,(H,13,14). The molecule has 4 heteroatoms. The van der Waals surface area contributed by atoms with Gasteiger partial charge in [-0.05, 0) is 19.4 Å². The molecular weight excluding hydrogens is 199 g/mol. The Morgan fingerprint density at radius 2 is 2.07 bits per heavy atom. The number of benzene rings is 1. The zero-order chi connectivity index (χ0) is 11.5. The normalized spacial score (nSPS) is 14.6. The number of carboxylic acid groups (broad SMARTS) is 1. The zero-order valence-electron chi connectivity index (χ0n) is 8.40. The molecule has 82 valence electrons. The summed E-state index contributed by atoms with van der Waals surface area (Å²) in [5, 5.41) is 18.4. The first-order valence-corrected chi connectivity index (χ1v) is 4.62. The Labute approximate surface area is 87.2 Å². The van der Waals surface area contributed by atoms with E-state index in [1.54, 1.807) is 6.07 Å². The van der Waals surface area contributed by atoms with E-state index in [0.29, 0.717) is 0 Å². The highest BCUT2D eigenvalue weighted by Gasteiger charge is 2.26. The van der Waals surface area contributed by atoms with Crippen LogP contribution in [-0.4, -0.2) is 16.2 Å². The molecule has 1 aromatic carbocycles. The summed E-state index contributed by atoms with van der Waals surface area (Å²) in [6, 6.07) is 5.82. The largest absolute Gasteiger partial charge is 0.481 e. The van der Waals surface area contributed by atoms with Crippen LogP contribution in [0.25, 0.3) is 0 Å². The Morgan fingerprint density at radius 1 is 1.47 bits per heavy atom. The first kappa shape index (κ1) is 11.7. The highest BCUT2D eigenvalue weighted by Crippen LogP contribution is 2.27. The molecule has 0 saturated carbocycles. The maximum atomic E-state index is 13.3. The van der Waals surface area contributed by atoms with E-state index < -0.39 is 17.4 Å². The molecule has 0 spiro atoms. The maximum Gasteiger partial charge on any atom is 0.303 e. The third kappa shape index (κ3) is 3.02. The third-order valence-corrected chi connectivity index (χ3v) is 2.28. The molecule has 0 aromatic heterocycles. The molecule has 0 heterocycles. The van der Waals surface area contributed by atoms with E-state index in [2.05, 4.69) is 0 Å². The van der Waals surface area contributed by atoms with E-state index >= 15 is 0 Å². The molecule has 0 aliphatic heterocycles. The van der Waals surface area contributed by atoms with Crippen molar-refractivity contribution >= 4 is 5.97 Å². The van der Waals surface area contributed by atoms with Crippen molar-refractivity contribution in [2.24, 2.45) is 0 Å². The van der Waals surface area contributed by atoms with Crippen molar-refractivity contribution in [3.8, 4) is 0 Å². The van der Waals surface area contributed by atoms with Gasteiger partial charge in [-0.3, -0.25) is 4.79 Å². The van der Waals surface area contributed by atoms with Crippen LogP contribution in [-0.2, 0) is 10.4 Å². The maximum absolute atomic E-state index is 13.3. The van der Waals surface area contributed by atoms with Crippen molar-refractivity contribution in [2.75, 3.05) is 0 Å². The van der Waals surface area contributed by atoms with E-state index in [1.165, 1.54) is 25.1 Å². The molecule has 0 saturated heterocycles. The van der Waals surface area contributed by atoms with Gasteiger partial charge in [0, 0.05) is 12.0 Å². The van der Waals surface area contributed by atoms with Gasteiger partial charge in [0.1, 0.15) is 5.82 Å². The van der Waals surface area contributed by atoms with Gasteiger partial charge in [-0.1, -0.05) is 18.2 Å². The lowest BCUT2D eigenvalue weighted by molar-refractivity contribution is -0.138. The number of hydrogen-bond donors (Lipinski definition) is 2. The Morgan fingerprint density at radius 3 is 2.60 bits per heavy atom. The van der Waals surface area contributed by atoms with Crippen LogP contribution in [0.3, 0.4) is 0 Å². The van der Waals surface area contributed by atoms with Crippen molar-refractivity contribution in [1.29, 1.82) is 0 Å². The number of carbonyl (C=O) groups is 1. The van der Waals surface area contributed by atoms with E-state index in [-0.39, 0.29) is 18.4 Å². The van der Waals surface area contributed by atoms with Crippen LogP contribution in [0.4, 0.5) is 4.39 Å². The lowest BCUT2D eigenvalue weighted by atomic mass is 9.91. The summed E-state index contributed by atoms with van der Waals surface area (Å²) in [6.07, 6.45) is -0.204. The van der Waals surface area contributed by atoms with Crippen LogP contribution in [0.2, 0.25) is 0 Å². The van der Waals surface area contributed by atoms with Gasteiger partial charge in [-0.15, -0.1) is 0 Å². The second-order valence-electron chi connectivity index (χ2n) is 3.65. The van der Waals surface area contributed by atoms with E-state index in [4.69, 9.17) is 5.11 Å². The number of rotatable bonds is 4. The summed E-state index contributed by atoms with van der Waals surface area (Å²) in [6.45, 7) is 1.41. The minimum atomic E-state index is -1.44. The predicted octanol–water partition coefficient (Wildman–Crippen LogP) is 1.90. The van der Waals surface area contributed by atoms with Gasteiger partial charge >= 0.3 is 5.97 Å². The average Bonchev–Trinajstić information content (AvgIpc) is 2.15. The van der Waals surface area contributed by atoms with Gasteiger partial charge in [0.15, 0.2) is 0 Å². The van der Waals surface area contributed by atoms with Crippen molar-refractivity contribution in [2.45, 2.75) is 25.4 Å². The Bertz CT molecular complexity index is 361. The van der Waals surface area contributed by atoms with Gasteiger partial charge in [-0.2, -0.15) is 0 Å². The fourth-order valence-electron chi connectivity index (χ4n) is 1.38. The lowest BCUT2D eigenvalue weighted by Crippen LogP contribution is -2.23. The number of aliphatic hydroxyl groups is 1. The molecule has 0 bridgehead atoms. The SMILES string of the molecule is CC(O)(CCC(=O)O)c1ccccc1F. The fourth-order valence-corrected chi connectivity index (χ4v) is 1.38. The average molecular weight is 212 g/mol. The van der Waals surface area contributed by atoms with Crippen LogP contribution >= 0.6 is 0 Å². The molecule has 1 aromatic rings. The molecule has 15 heavy (non-hydrogen) atoms. The second kappa shape index (κ2) is 4.40. The van der Waals surface area contributed by atoms with E-state index in [0.717, 1.165) is 0 Å². The summed E-state index contributed by atoms with van der Waals surface area (Å²) in [5.74, 6) is -1.53. The number of halogens is 1. The fraction of sp³-hybridized carbons (Fsp3) is 0.364. The van der Waals surface area contributed by atoms with Crippen molar-refractivity contribution in [3.63, 3.8) is 0 Å². The number of aliphatic carboxylic acids is 1. The molecule has 3 nitrogen and oxygen atoms in total. The summed E-state index contributed by atoms with van der Waals surface area (Å²) in [7, 11) is 0. The van der Waals surface area contributed by atoms with Crippen LogP contribution in [0.1, 0.15) is 25.3 Å². The third-order valence-electron chi connectivity index (χ3n) is 2.28. The Kier molecular flexibility index (Phi) is 3.42. The molecule has 0 radical (unpaired) electrons. The zero-order valence-corrected chi connectivity index (χ0v) is 8.40. The summed E-state index contributed by atoms with van der Waals surface area (Å²) < 4.78 is 13.3. The number of carboxylic acids is 1. The summed E-state index contributed by atoms with van der Waals surface area (Å²) in [5.41, 5.74) is -1.31. The number of hydrogen-bond acceptors (Lipinski definition) is 2. The van der Waals surface area contributed by atoms with Crippen LogP contribution < -0.4 is 0 Å². The first-order chi connectivity index (χ1) is 6.93. The van der Waals surface area contributed by atoms with E-state index in [1.807, 2.05) is 0 Å². The van der Waals surface area contributed by atoms with Crippen molar-refractivity contribution in [3.05, 3.63) is 35.6 Å². The van der Waals surface area contributed by atoms with Gasteiger partial charge in [0.05, 0.1) is 5.60 Å². The van der Waals surface area contributed by atoms with Crippen molar-refractivity contribution in [1.82, 2.24) is 0 Å². The van der Waals surface area contributed by atoms with Crippen LogP contribution in [0.15, 0.2) is 24.3 Å². The minimum Gasteiger partial charge on any atom is -0.481 e. The lowest BCUT2D eigenvalue weighted by Gasteiger charge is -2.23. The van der Waals surface area contributed by atoms with Crippen LogP contribution in [0, 0.1) is 5.82 Å². The van der Waals surface area contributed by atoms with Crippen LogP contribution in [0.5, 0.6) is 0 Å². The molecule has 1 unspecified atom stereocenters. The quantitative estimate of drug-likeness (QED) is 0.801. The Hall–Kier alpha value is -1.42. The monoisotopic (exact) mass is 212 g/mol. The predicted molar refractivity (Wildman–Crippen MR) is 52.8 cm³/mol. The second-order valence-corrected chi connectivity index (χ2v) is 3.65. The van der Waals surface area contributed by atoms with Gasteiger partial charge in [0.25, 0.3) is 0 Å². The van der Waals surface area contributed by atoms with Crippen molar-refractivity contribution < 1.29 is 19.4 Å².